The van der Waals surface area contributed by atoms with Gasteiger partial charge < -0.3 is 33.8 Å². The number of aliphatic hydroxyl groups is 1. The molecule has 0 radical (unpaired) electrons. The molecule has 3 N–H and O–H groups in total. The number of phosphoric acid groups is 2. The summed E-state index contributed by atoms with van der Waals surface area (Å²) < 4.78 is 68.1. The smallest absolute Gasteiger partial charge is 0.462 e. The molecule has 0 heterocycles. The third-order valence-electron chi connectivity index (χ3n) is 16.3. The summed E-state index contributed by atoms with van der Waals surface area (Å²) in [6, 6.07) is 0. The highest BCUT2D eigenvalue weighted by atomic mass is 31.2. The van der Waals surface area contributed by atoms with E-state index in [9.17, 15) is 43.2 Å². The molecule has 0 aromatic heterocycles. The molecule has 0 aromatic rings. The Bertz CT molecular complexity index is 1720. The highest BCUT2D eigenvalue weighted by Gasteiger charge is 2.30. The molecular formula is C70H136O17P2. The number of hydrogen-bond donors (Lipinski definition) is 3. The molecule has 528 valence electrons. The Morgan fingerprint density at radius 1 is 0.303 bits per heavy atom. The Balaban J connectivity index is 5.16. The average Bonchev–Trinajstić information content (AvgIpc) is 3.52. The van der Waals surface area contributed by atoms with Crippen molar-refractivity contribution >= 4 is 39.5 Å². The number of unbranched alkanes of at least 4 members (excludes halogenated alkanes) is 42. The van der Waals surface area contributed by atoms with E-state index in [1.54, 1.807) is 0 Å². The number of hydrogen-bond acceptors (Lipinski definition) is 15. The quantitative estimate of drug-likeness (QED) is 0.0222. The maximum absolute atomic E-state index is 13.0. The van der Waals surface area contributed by atoms with Gasteiger partial charge >= 0.3 is 39.5 Å². The molecule has 0 fully saturated rings. The van der Waals surface area contributed by atoms with Crippen LogP contribution in [-0.2, 0) is 65.4 Å². The molecule has 0 saturated heterocycles. The van der Waals surface area contributed by atoms with Crippen LogP contribution in [0.1, 0.15) is 362 Å². The van der Waals surface area contributed by atoms with Gasteiger partial charge in [0.05, 0.1) is 26.4 Å². The predicted molar refractivity (Wildman–Crippen MR) is 358 cm³/mol. The first-order valence-corrected chi connectivity index (χ1v) is 39.6. The van der Waals surface area contributed by atoms with Crippen molar-refractivity contribution in [2.45, 2.75) is 380 Å². The molecule has 0 aliphatic rings. The summed E-state index contributed by atoms with van der Waals surface area (Å²) in [5, 5.41) is 10.6. The number of carbonyl (C=O) groups excluding carboxylic acids is 4. The van der Waals surface area contributed by atoms with Crippen LogP contribution >= 0.6 is 15.6 Å². The SMILES string of the molecule is CCCCCCCCCCCCCCCCCCC(=O)O[C@H](COC(=O)CCCCCCCCCCCCCCCCC)COP(=O)(O)OC[C@@H](O)COP(=O)(O)OC[C@@H](COC(=O)CCCCCCC)OC(=O)CCCCCCCCCCCCC(C)C. The Morgan fingerprint density at radius 3 is 0.764 bits per heavy atom. The summed E-state index contributed by atoms with van der Waals surface area (Å²) in [6.07, 6.45) is 50.3. The van der Waals surface area contributed by atoms with Crippen LogP contribution in [0.2, 0.25) is 0 Å². The van der Waals surface area contributed by atoms with Crippen molar-refractivity contribution in [2.75, 3.05) is 39.6 Å². The number of ether oxygens (including phenoxy) is 4. The Hall–Kier alpha value is -1.94. The molecule has 17 nitrogen and oxygen atoms in total. The molecule has 89 heavy (non-hydrogen) atoms. The van der Waals surface area contributed by atoms with E-state index in [-0.39, 0.29) is 25.7 Å². The van der Waals surface area contributed by atoms with E-state index in [0.29, 0.717) is 25.7 Å². The third kappa shape index (κ3) is 64.6. The number of esters is 4. The lowest BCUT2D eigenvalue weighted by Gasteiger charge is -2.21. The summed E-state index contributed by atoms with van der Waals surface area (Å²) in [4.78, 5) is 72.3. The van der Waals surface area contributed by atoms with Gasteiger partial charge in [0.2, 0.25) is 0 Å². The first-order valence-electron chi connectivity index (χ1n) is 36.6. The summed E-state index contributed by atoms with van der Waals surface area (Å²) >= 11 is 0. The van der Waals surface area contributed by atoms with Crippen molar-refractivity contribution in [1.82, 2.24) is 0 Å². The lowest BCUT2D eigenvalue weighted by molar-refractivity contribution is -0.161. The first kappa shape index (κ1) is 87.1. The second-order valence-corrected chi connectivity index (χ2v) is 28.7. The van der Waals surface area contributed by atoms with Gasteiger partial charge in [-0.05, 0) is 31.6 Å². The summed E-state index contributed by atoms with van der Waals surface area (Å²) in [5.74, 6) is -1.38. The van der Waals surface area contributed by atoms with Gasteiger partial charge in [0.1, 0.15) is 19.3 Å². The number of rotatable bonds is 70. The van der Waals surface area contributed by atoms with Gasteiger partial charge in [0.25, 0.3) is 0 Å². The fraction of sp³-hybridized carbons (Fsp3) is 0.943. The number of aliphatic hydroxyl groups excluding tert-OH is 1. The maximum Gasteiger partial charge on any atom is 0.472 e. The minimum atomic E-state index is -4.95. The molecule has 5 atom stereocenters. The van der Waals surface area contributed by atoms with Crippen molar-refractivity contribution in [3.05, 3.63) is 0 Å². The Morgan fingerprint density at radius 2 is 0.517 bits per heavy atom. The van der Waals surface area contributed by atoms with Crippen LogP contribution in [0.25, 0.3) is 0 Å². The first-order chi connectivity index (χ1) is 43.0. The van der Waals surface area contributed by atoms with E-state index < -0.39 is 97.5 Å². The fourth-order valence-corrected chi connectivity index (χ4v) is 12.2. The van der Waals surface area contributed by atoms with Crippen molar-refractivity contribution in [1.29, 1.82) is 0 Å². The third-order valence-corrected chi connectivity index (χ3v) is 18.2. The molecule has 0 aliphatic heterocycles. The van der Waals surface area contributed by atoms with E-state index >= 15 is 0 Å². The van der Waals surface area contributed by atoms with Crippen LogP contribution in [0.5, 0.6) is 0 Å². The van der Waals surface area contributed by atoms with Gasteiger partial charge in [-0.2, -0.15) is 0 Å². The molecule has 0 amide bonds. The largest absolute Gasteiger partial charge is 0.472 e. The molecule has 0 aliphatic carbocycles. The van der Waals surface area contributed by atoms with Crippen LogP contribution in [0, 0.1) is 5.92 Å². The molecule has 0 aromatic carbocycles. The predicted octanol–water partition coefficient (Wildman–Crippen LogP) is 20.1. The second kappa shape index (κ2) is 63.5. The van der Waals surface area contributed by atoms with Crippen LogP contribution < -0.4 is 0 Å². The van der Waals surface area contributed by atoms with Gasteiger partial charge in [-0.15, -0.1) is 0 Å². The molecule has 0 spiro atoms. The highest BCUT2D eigenvalue weighted by Crippen LogP contribution is 2.45. The monoisotopic (exact) mass is 1310 g/mol. The summed E-state index contributed by atoms with van der Waals surface area (Å²) in [7, 11) is -9.89. The van der Waals surface area contributed by atoms with Crippen LogP contribution in [0.4, 0.5) is 0 Å². The van der Waals surface area contributed by atoms with Gasteiger partial charge in [0, 0.05) is 25.7 Å². The minimum absolute atomic E-state index is 0.105. The lowest BCUT2D eigenvalue weighted by Crippen LogP contribution is -2.30. The van der Waals surface area contributed by atoms with Crippen LogP contribution in [0.15, 0.2) is 0 Å². The van der Waals surface area contributed by atoms with Crippen LogP contribution in [0.3, 0.4) is 0 Å². The van der Waals surface area contributed by atoms with Crippen molar-refractivity contribution in [2.24, 2.45) is 5.92 Å². The Labute approximate surface area is 543 Å². The minimum Gasteiger partial charge on any atom is -0.462 e. The zero-order valence-corrected chi connectivity index (χ0v) is 59.4. The summed E-state index contributed by atoms with van der Waals surface area (Å²) in [6.45, 7) is 7.16. The second-order valence-electron chi connectivity index (χ2n) is 25.7. The van der Waals surface area contributed by atoms with Gasteiger partial charge in [-0.25, -0.2) is 9.13 Å². The van der Waals surface area contributed by atoms with E-state index in [2.05, 4.69) is 34.6 Å². The topological polar surface area (TPSA) is 237 Å². The van der Waals surface area contributed by atoms with Crippen molar-refractivity contribution < 1.29 is 80.2 Å². The Kier molecular flexibility index (Phi) is 62.1. The normalized spacial score (nSPS) is 14.1. The lowest BCUT2D eigenvalue weighted by atomic mass is 10.0. The fourth-order valence-electron chi connectivity index (χ4n) is 10.6. The zero-order chi connectivity index (χ0) is 65.6. The van der Waals surface area contributed by atoms with E-state index in [1.165, 1.54) is 180 Å². The van der Waals surface area contributed by atoms with Gasteiger partial charge in [-0.1, -0.05) is 311 Å². The van der Waals surface area contributed by atoms with Crippen LogP contribution in [-0.4, -0.2) is 96.7 Å². The van der Waals surface area contributed by atoms with Crippen molar-refractivity contribution in [3.8, 4) is 0 Å². The number of phosphoric ester groups is 2. The van der Waals surface area contributed by atoms with Gasteiger partial charge in [-0.3, -0.25) is 37.3 Å². The summed E-state index contributed by atoms with van der Waals surface area (Å²) in [5.41, 5.74) is 0. The zero-order valence-electron chi connectivity index (χ0n) is 57.6. The molecule has 0 saturated carbocycles. The molecule has 0 bridgehead atoms. The van der Waals surface area contributed by atoms with Crippen molar-refractivity contribution in [3.63, 3.8) is 0 Å². The molecule has 0 rings (SSSR count). The average molecular weight is 1310 g/mol. The van der Waals surface area contributed by atoms with E-state index in [4.69, 9.17) is 37.0 Å². The van der Waals surface area contributed by atoms with Gasteiger partial charge in [0.15, 0.2) is 12.2 Å². The standard InChI is InChI=1S/C70H136O17P2/c1-6-9-12-15-17-19-21-23-25-27-29-31-36-40-45-50-55-70(75)87-66(60-81-68(73)54-49-44-39-35-30-28-26-24-22-20-18-16-13-10-7-2)62-85-89(78,79)83-58-64(71)57-82-88(76,77)84-61-65(59-80-67(72)53-48-42-14-11-8-3)86-69(74)56-51-46-41-37-33-32-34-38-43-47-52-63(4)5/h63-66,71H,6-62H2,1-5H3,(H,76,77)(H,78,79)/t64-,65+,66+/m0/s1. The molecular weight excluding hydrogens is 1170 g/mol. The van der Waals surface area contributed by atoms with E-state index in [0.717, 1.165) is 102 Å². The number of carbonyl (C=O) groups is 4. The maximum atomic E-state index is 13.0. The molecule has 2 unspecified atom stereocenters. The highest BCUT2D eigenvalue weighted by molar-refractivity contribution is 7.47. The molecule has 19 heteroatoms. The van der Waals surface area contributed by atoms with E-state index in [1.807, 2.05) is 0 Å².